The van der Waals surface area contributed by atoms with Gasteiger partial charge in [-0.25, -0.2) is 4.79 Å². The molecule has 0 saturated carbocycles. The lowest BCUT2D eigenvalue weighted by Crippen LogP contribution is -2.27. The fourth-order valence-corrected chi connectivity index (χ4v) is 2.04. The Morgan fingerprint density at radius 3 is 2.67 bits per heavy atom. The summed E-state index contributed by atoms with van der Waals surface area (Å²) < 4.78 is 6.92. The third kappa shape index (κ3) is 3.40. The number of pyridine rings is 1. The standard InChI is InChI=1S/C17H20N2O2/c1-12(2)13-8-9-18-11-14(13)15-7-6-10-19(15)16(20)21-17(3,4)5/h6-11H,1H2,2-5H3. The molecule has 0 fully saturated rings. The lowest BCUT2D eigenvalue weighted by molar-refractivity contribution is 0.0540. The molecule has 21 heavy (non-hydrogen) atoms. The first-order chi connectivity index (χ1) is 9.79. The topological polar surface area (TPSA) is 44.1 Å². The van der Waals surface area contributed by atoms with Gasteiger partial charge in [0.25, 0.3) is 0 Å². The van der Waals surface area contributed by atoms with Crippen molar-refractivity contribution in [2.45, 2.75) is 33.3 Å². The molecule has 110 valence electrons. The van der Waals surface area contributed by atoms with Gasteiger partial charge in [0, 0.05) is 24.2 Å². The van der Waals surface area contributed by atoms with Gasteiger partial charge in [0.2, 0.25) is 0 Å². The van der Waals surface area contributed by atoms with Crippen LogP contribution in [0, 0.1) is 0 Å². The summed E-state index contributed by atoms with van der Waals surface area (Å²) in [7, 11) is 0. The van der Waals surface area contributed by atoms with Crippen LogP contribution >= 0.6 is 0 Å². The molecule has 0 aliphatic carbocycles. The van der Waals surface area contributed by atoms with E-state index in [4.69, 9.17) is 4.74 Å². The monoisotopic (exact) mass is 284 g/mol. The van der Waals surface area contributed by atoms with Crippen molar-refractivity contribution in [1.29, 1.82) is 0 Å². The Morgan fingerprint density at radius 2 is 2.05 bits per heavy atom. The molecule has 0 unspecified atom stereocenters. The first-order valence-corrected chi connectivity index (χ1v) is 6.80. The number of ether oxygens (including phenoxy) is 1. The maximum Gasteiger partial charge on any atom is 0.418 e. The number of carbonyl (C=O) groups is 1. The second-order valence-corrected chi connectivity index (χ2v) is 5.95. The van der Waals surface area contributed by atoms with Gasteiger partial charge < -0.3 is 4.74 Å². The second-order valence-electron chi connectivity index (χ2n) is 5.95. The molecule has 0 aliphatic rings. The van der Waals surface area contributed by atoms with E-state index >= 15 is 0 Å². The van der Waals surface area contributed by atoms with Gasteiger partial charge in [0.15, 0.2) is 0 Å². The van der Waals surface area contributed by atoms with E-state index in [-0.39, 0.29) is 0 Å². The smallest absolute Gasteiger partial charge is 0.418 e. The van der Waals surface area contributed by atoms with Crippen LogP contribution < -0.4 is 0 Å². The number of carbonyl (C=O) groups excluding carboxylic acids is 1. The SMILES string of the molecule is C=C(C)c1ccncc1-c1cccn1C(=O)OC(C)(C)C. The summed E-state index contributed by atoms with van der Waals surface area (Å²) in [5, 5.41) is 0. The maximum absolute atomic E-state index is 12.3. The fraction of sp³-hybridized carbons (Fsp3) is 0.294. The maximum atomic E-state index is 12.3. The van der Waals surface area contributed by atoms with Gasteiger partial charge >= 0.3 is 6.09 Å². The lowest BCUT2D eigenvalue weighted by Gasteiger charge is -2.20. The third-order valence-corrected chi connectivity index (χ3v) is 2.90. The highest BCUT2D eigenvalue weighted by atomic mass is 16.6. The first-order valence-electron chi connectivity index (χ1n) is 6.80. The van der Waals surface area contributed by atoms with Crippen molar-refractivity contribution in [3.8, 4) is 11.3 Å². The lowest BCUT2D eigenvalue weighted by atomic mass is 10.0. The van der Waals surface area contributed by atoms with Gasteiger partial charge in [-0.15, -0.1) is 0 Å². The Bertz CT molecular complexity index is 678. The van der Waals surface area contributed by atoms with Crippen LogP contribution in [0.3, 0.4) is 0 Å². The summed E-state index contributed by atoms with van der Waals surface area (Å²) in [5.74, 6) is 0. The molecule has 4 nitrogen and oxygen atoms in total. The molecular weight excluding hydrogens is 264 g/mol. The minimum absolute atomic E-state index is 0.404. The molecule has 2 heterocycles. The van der Waals surface area contributed by atoms with E-state index < -0.39 is 11.7 Å². The fourth-order valence-electron chi connectivity index (χ4n) is 2.04. The van der Waals surface area contributed by atoms with Crippen molar-refractivity contribution < 1.29 is 9.53 Å². The van der Waals surface area contributed by atoms with Crippen LogP contribution in [0.4, 0.5) is 4.79 Å². The van der Waals surface area contributed by atoms with Gasteiger partial charge in [-0.2, -0.15) is 0 Å². The summed E-state index contributed by atoms with van der Waals surface area (Å²) in [6.07, 6.45) is 4.74. The largest absolute Gasteiger partial charge is 0.443 e. The average Bonchev–Trinajstić information content (AvgIpc) is 2.85. The Kier molecular flexibility index (Phi) is 3.98. The minimum atomic E-state index is -0.537. The second kappa shape index (κ2) is 5.56. The molecular formula is C17H20N2O2. The zero-order chi connectivity index (χ0) is 15.6. The van der Waals surface area contributed by atoms with Gasteiger partial charge in [-0.3, -0.25) is 9.55 Å². The Labute approximate surface area is 125 Å². The van der Waals surface area contributed by atoms with Crippen LogP contribution in [0.15, 0.2) is 43.4 Å². The quantitative estimate of drug-likeness (QED) is 0.822. The first kappa shape index (κ1) is 15.0. The highest BCUT2D eigenvalue weighted by molar-refractivity contribution is 5.83. The number of nitrogens with zero attached hydrogens (tertiary/aromatic N) is 2. The van der Waals surface area contributed by atoms with E-state index in [1.807, 2.05) is 45.9 Å². The molecule has 2 aromatic heterocycles. The van der Waals surface area contributed by atoms with Gasteiger partial charge in [-0.1, -0.05) is 12.2 Å². The predicted octanol–water partition coefficient (Wildman–Crippen LogP) is 4.37. The van der Waals surface area contributed by atoms with Gasteiger partial charge in [-0.05, 0) is 51.5 Å². The van der Waals surface area contributed by atoms with Gasteiger partial charge in [0.05, 0.1) is 5.69 Å². The zero-order valence-corrected chi connectivity index (χ0v) is 12.9. The molecule has 0 N–H and O–H groups in total. The summed E-state index contributed by atoms with van der Waals surface area (Å²) in [5.41, 5.74) is 2.96. The molecule has 0 aromatic carbocycles. The van der Waals surface area contributed by atoms with Crippen LogP contribution in [-0.4, -0.2) is 21.2 Å². The van der Waals surface area contributed by atoms with Crippen LogP contribution in [0.25, 0.3) is 16.8 Å². The molecule has 0 spiro atoms. The Hall–Kier alpha value is -2.36. The van der Waals surface area contributed by atoms with Crippen LogP contribution in [0.2, 0.25) is 0 Å². The normalized spacial score (nSPS) is 11.2. The van der Waals surface area contributed by atoms with Crippen molar-refractivity contribution in [3.63, 3.8) is 0 Å². The molecule has 2 rings (SSSR count). The van der Waals surface area contributed by atoms with Crippen LogP contribution in [0.1, 0.15) is 33.3 Å². The van der Waals surface area contributed by atoms with E-state index in [9.17, 15) is 4.79 Å². The van der Waals surface area contributed by atoms with E-state index in [1.54, 1.807) is 18.6 Å². The molecule has 0 saturated heterocycles. The van der Waals surface area contributed by atoms with E-state index in [2.05, 4.69) is 11.6 Å². The third-order valence-electron chi connectivity index (χ3n) is 2.90. The van der Waals surface area contributed by atoms with Gasteiger partial charge in [0.1, 0.15) is 5.60 Å². The van der Waals surface area contributed by atoms with Crippen molar-refractivity contribution in [2.75, 3.05) is 0 Å². The average molecular weight is 284 g/mol. The number of aromatic nitrogens is 2. The number of hydrogen-bond acceptors (Lipinski definition) is 3. The zero-order valence-electron chi connectivity index (χ0n) is 12.9. The minimum Gasteiger partial charge on any atom is -0.443 e. The number of hydrogen-bond donors (Lipinski definition) is 0. The molecule has 0 atom stereocenters. The molecule has 4 heteroatoms. The predicted molar refractivity (Wildman–Crippen MR) is 84.0 cm³/mol. The van der Waals surface area contributed by atoms with E-state index in [0.29, 0.717) is 0 Å². The molecule has 0 bridgehead atoms. The highest BCUT2D eigenvalue weighted by Gasteiger charge is 2.20. The van der Waals surface area contributed by atoms with Crippen LogP contribution in [0.5, 0.6) is 0 Å². The summed E-state index contributed by atoms with van der Waals surface area (Å²) >= 11 is 0. The summed E-state index contributed by atoms with van der Waals surface area (Å²) in [4.78, 5) is 16.4. The van der Waals surface area contributed by atoms with Crippen molar-refractivity contribution >= 4 is 11.7 Å². The summed E-state index contributed by atoms with van der Waals surface area (Å²) in [6.45, 7) is 11.4. The van der Waals surface area contributed by atoms with Crippen molar-refractivity contribution in [1.82, 2.24) is 9.55 Å². The van der Waals surface area contributed by atoms with Crippen molar-refractivity contribution in [3.05, 3.63) is 48.9 Å². The number of allylic oxidation sites excluding steroid dienone is 1. The molecule has 2 aromatic rings. The van der Waals surface area contributed by atoms with Crippen molar-refractivity contribution in [2.24, 2.45) is 0 Å². The number of rotatable bonds is 2. The Balaban J connectivity index is 2.47. The summed E-state index contributed by atoms with van der Waals surface area (Å²) in [6, 6.07) is 5.58. The van der Waals surface area contributed by atoms with E-state index in [0.717, 1.165) is 22.4 Å². The van der Waals surface area contributed by atoms with E-state index in [1.165, 1.54) is 4.57 Å². The molecule has 0 aliphatic heterocycles. The molecule has 0 amide bonds. The molecule has 0 radical (unpaired) electrons. The Morgan fingerprint density at radius 1 is 1.33 bits per heavy atom. The highest BCUT2D eigenvalue weighted by Crippen LogP contribution is 2.28. The van der Waals surface area contributed by atoms with Crippen LogP contribution in [-0.2, 0) is 4.74 Å².